The standard InChI is InChI=1S/C22H20N4O2S/c27-22(24-20-17-8-4-5-9-19(17)28-25-20)26-12-10-16(11-13-26)21-23-18(14-29-21)15-6-2-1-3-7-15/h1-9,14,16H,10-13H2,(H,24,25,27). The largest absolute Gasteiger partial charge is 0.354 e. The van der Waals surface area contributed by atoms with E-state index >= 15 is 0 Å². The van der Waals surface area contributed by atoms with Crippen molar-refractivity contribution in [1.29, 1.82) is 0 Å². The molecule has 0 spiro atoms. The van der Waals surface area contributed by atoms with Gasteiger partial charge in [-0.05, 0) is 25.0 Å². The maximum atomic E-state index is 12.7. The van der Waals surface area contributed by atoms with Gasteiger partial charge in [-0.1, -0.05) is 47.6 Å². The third kappa shape index (κ3) is 3.61. The van der Waals surface area contributed by atoms with Gasteiger partial charge in [-0.15, -0.1) is 11.3 Å². The molecule has 1 aliphatic heterocycles. The van der Waals surface area contributed by atoms with E-state index in [1.54, 1.807) is 11.3 Å². The number of thiazole rings is 1. The summed E-state index contributed by atoms with van der Waals surface area (Å²) < 4.78 is 5.26. The minimum atomic E-state index is -0.133. The Bertz CT molecular complexity index is 1130. The second kappa shape index (κ2) is 7.67. The summed E-state index contributed by atoms with van der Waals surface area (Å²) in [5.74, 6) is 0.870. The van der Waals surface area contributed by atoms with E-state index in [1.165, 1.54) is 0 Å². The monoisotopic (exact) mass is 404 g/mol. The maximum Gasteiger partial charge on any atom is 0.323 e. The van der Waals surface area contributed by atoms with Crippen LogP contribution in [0, 0.1) is 0 Å². The number of urea groups is 1. The number of benzene rings is 2. The third-order valence-corrected chi connectivity index (χ3v) is 6.33. The van der Waals surface area contributed by atoms with Gasteiger partial charge in [-0.25, -0.2) is 9.78 Å². The number of nitrogens with zero attached hydrogens (tertiary/aromatic N) is 3. The lowest BCUT2D eigenvalue weighted by molar-refractivity contribution is 0.194. The molecule has 7 heteroatoms. The van der Waals surface area contributed by atoms with Gasteiger partial charge >= 0.3 is 6.03 Å². The van der Waals surface area contributed by atoms with E-state index in [2.05, 4.69) is 28.0 Å². The van der Waals surface area contributed by atoms with E-state index in [0.29, 0.717) is 30.4 Å². The number of rotatable bonds is 3. The van der Waals surface area contributed by atoms with Crippen LogP contribution in [0.5, 0.6) is 0 Å². The highest BCUT2D eigenvalue weighted by Crippen LogP contribution is 2.33. The summed E-state index contributed by atoms with van der Waals surface area (Å²) in [4.78, 5) is 19.3. The fourth-order valence-electron chi connectivity index (χ4n) is 3.70. The van der Waals surface area contributed by atoms with Gasteiger partial charge in [0.25, 0.3) is 0 Å². The minimum Gasteiger partial charge on any atom is -0.354 e. The molecule has 0 bridgehead atoms. The summed E-state index contributed by atoms with van der Waals surface area (Å²) in [6.45, 7) is 1.40. The Morgan fingerprint density at radius 2 is 1.83 bits per heavy atom. The van der Waals surface area contributed by atoms with Crippen LogP contribution in [0.25, 0.3) is 22.2 Å². The number of nitrogens with one attached hydrogen (secondary N) is 1. The van der Waals surface area contributed by atoms with Crippen LogP contribution < -0.4 is 5.32 Å². The van der Waals surface area contributed by atoms with Crippen molar-refractivity contribution in [3.8, 4) is 11.3 Å². The Kier molecular flexibility index (Phi) is 4.73. The number of likely N-dealkylation sites (tertiary alicyclic amines) is 1. The smallest absolute Gasteiger partial charge is 0.323 e. The van der Waals surface area contributed by atoms with Crippen LogP contribution in [0.3, 0.4) is 0 Å². The second-order valence-electron chi connectivity index (χ2n) is 7.16. The summed E-state index contributed by atoms with van der Waals surface area (Å²) in [6, 6.07) is 17.6. The van der Waals surface area contributed by atoms with Crippen molar-refractivity contribution < 1.29 is 9.32 Å². The molecule has 3 heterocycles. The van der Waals surface area contributed by atoms with E-state index in [9.17, 15) is 4.79 Å². The van der Waals surface area contributed by atoms with Crippen LogP contribution in [0.1, 0.15) is 23.8 Å². The van der Waals surface area contributed by atoms with Gasteiger partial charge in [0, 0.05) is 30.0 Å². The molecule has 1 aliphatic rings. The normalized spacial score (nSPS) is 15.0. The molecule has 6 nitrogen and oxygen atoms in total. The second-order valence-corrected chi connectivity index (χ2v) is 8.05. The first-order valence-corrected chi connectivity index (χ1v) is 10.6. The number of piperidine rings is 1. The van der Waals surface area contributed by atoms with Crippen molar-refractivity contribution in [2.45, 2.75) is 18.8 Å². The molecular formula is C22H20N4O2S. The number of carbonyl (C=O) groups is 1. The molecule has 29 heavy (non-hydrogen) atoms. The number of anilines is 1. The molecule has 2 amide bonds. The third-order valence-electron chi connectivity index (χ3n) is 5.33. The zero-order valence-electron chi connectivity index (χ0n) is 15.7. The molecule has 0 aliphatic carbocycles. The summed E-state index contributed by atoms with van der Waals surface area (Å²) in [5.41, 5.74) is 2.84. The van der Waals surface area contributed by atoms with Crippen molar-refractivity contribution in [3.05, 3.63) is 65.0 Å². The molecule has 0 saturated carbocycles. The Morgan fingerprint density at radius 3 is 2.66 bits per heavy atom. The summed E-state index contributed by atoms with van der Waals surface area (Å²) in [5, 5.41) is 11.0. The predicted molar refractivity (Wildman–Crippen MR) is 114 cm³/mol. The SMILES string of the molecule is O=C(Nc1noc2ccccc12)N1CCC(c2nc(-c3ccccc3)cs2)CC1. The lowest BCUT2D eigenvalue weighted by Gasteiger charge is -2.30. The molecule has 2 aromatic heterocycles. The van der Waals surface area contributed by atoms with Gasteiger partial charge < -0.3 is 9.42 Å². The molecule has 4 aromatic rings. The van der Waals surface area contributed by atoms with Gasteiger partial charge in [-0.2, -0.15) is 0 Å². The van der Waals surface area contributed by atoms with E-state index in [1.807, 2.05) is 47.4 Å². The van der Waals surface area contributed by atoms with Crippen LogP contribution in [-0.2, 0) is 0 Å². The number of hydrogen-bond acceptors (Lipinski definition) is 5. The molecule has 2 aromatic carbocycles. The molecule has 146 valence electrons. The van der Waals surface area contributed by atoms with Crippen LogP contribution in [0.2, 0.25) is 0 Å². The van der Waals surface area contributed by atoms with E-state index < -0.39 is 0 Å². The van der Waals surface area contributed by atoms with Gasteiger partial charge in [0.15, 0.2) is 11.4 Å². The molecule has 0 atom stereocenters. The number of hydrogen-bond donors (Lipinski definition) is 1. The molecule has 1 saturated heterocycles. The number of fused-ring (bicyclic) bond motifs is 1. The average Bonchev–Trinajstić information content (AvgIpc) is 3.43. The predicted octanol–water partition coefficient (Wildman–Crippen LogP) is 5.36. The molecule has 1 fully saturated rings. The van der Waals surface area contributed by atoms with Crippen LogP contribution >= 0.6 is 11.3 Å². The van der Waals surface area contributed by atoms with Crippen molar-refractivity contribution in [2.24, 2.45) is 0 Å². The lowest BCUT2D eigenvalue weighted by atomic mass is 9.98. The molecular weight excluding hydrogens is 384 g/mol. The van der Waals surface area contributed by atoms with Crippen LogP contribution in [-0.4, -0.2) is 34.2 Å². The van der Waals surface area contributed by atoms with Gasteiger partial charge in [0.05, 0.1) is 16.1 Å². The van der Waals surface area contributed by atoms with E-state index in [-0.39, 0.29) is 6.03 Å². The Hall–Kier alpha value is -3.19. The van der Waals surface area contributed by atoms with E-state index in [0.717, 1.165) is 34.5 Å². The first-order valence-electron chi connectivity index (χ1n) is 9.69. The quantitative estimate of drug-likeness (QED) is 0.499. The Morgan fingerprint density at radius 1 is 1.07 bits per heavy atom. The van der Waals surface area contributed by atoms with Crippen LogP contribution in [0.15, 0.2) is 64.5 Å². The highest BCUT2D eigenvalue weighted by atomic mass is 32.1. The minimum absolute atomic E-state index is 0.133. The highest BCUT2D eigenvalue weighted by Gasteiger charge is 2.26. The maximum absolute atomic E-state index is 12.7. The summed E-state index contributed by atoms with van der Waals surface area (Å²) in [6.07, 6.45) is 1.82. The average molecular weight is 404 g/mol. The van der Waals surface area contributed by atoms with Gasteiger partial charge in [-0.3, -0.25) is 5.32 Å². The van der Waals surface area contributed by atoms with Crippen molar-refractivity contribution in [1.82, 2.24) is 15.0 Å². The topological polar surface area (TPSA) is 71.3 Å². The zero-order valence-corrected chi connectivity index (χ0v) is 16.6. The van der Waals surface area contributed by atoms with Gasteiger partial charge in [0.1, 0.15) is 0 Å². The lowest BCUT2D eigenvalue weighted by Crippen LogP contribution is -2.40. The van der Waals surface area contributed by atoms with E-state index in [4.69, 9.17) is 9.51 Å². The fraction of sp³-hybridized carbons (Fsp3) is 0.227. The number of carbonyl (C=O) groups excluding carboxylic acids is 1. The summed E-state index contributed by atoms with van der Waals surface area (Å²) in [7, 11) is 0. The number of aromatic nitrogens is 2. The Balaban J connectivity index is 1.21. The van der Waals surface area contributed by atoms with Crippen molar-refractivity contribution >= 4 is 34.2 Å². The number of amides is 2. The Labute approximate surface area is 172 Å². The highest BCUT2D eigenvalue weighted by molar-refractivity contribution is 7.10. The summed E-state index contributed by atoms with van der Waals surface area (Å²) >= 11 is 1.71. The molecule has 1 N–H and O–H groups in total. The van der Waals surface area contributed by atoms with Gasteiger partial charge in [0.2, 0.25) is 0 Å². The zero-order chi connectivity index (χ0) is 19.6. The number of para-hydroxylation sites is 1. The van der Waals surface area contributed by atoms with Crippen molar-refractivity contribution in [3.63, 3.8) is 0 Å². The fourth-order valence-corrected chi connectivity index (χ4v) is 4.70. The van der Waals surface area contributed by atoms with Crippen LogP contribution in [0.4, 0.5) is 10.6 Å². The van der Waals surface area contributed by atoms with Crippen molar-refractivity contribution in [2.75, 3.05) is 18.4 Å². The first-order chi connectivity index (χ1) is 14.3. The molecule has 5 rings (SSSR count). The first kappa shape index (κ1) is 17.9. The molecule has 0 unspecified atom stereocenters. The molecule has 0 radical (unpaired) electrons.